The van der Waals surface area contributed by atoms with Crippen LogP contribution in [-0.2, 0) is 4.79 Å². The molecule has 170 valence electrons. The number of anilines is 2. The fraction of sp³-hybridized carbons (Fsp3) is 0.200. The summed E-state index contributed by atoms with van der Waals surface area (Å²) in [6.07, 6.45) is 1.54. The average Bonchev–Trinajstić information content (AvgIpc) is 2.81. The number of fused-ring (bicyclic) bond motifs is 1. The molecule has 4 rings (SSSR count). The molecule has 0 atom stereocenters. The number of hydrogen-bond donors (Lipinski definition) is 1. The van der Waals surface area contributed by atoms with Gasteiger partial charge in [0, 0.05) is 27.3 Å². The molecule has 0 aromatic heterocycles. The molecule has 0 radical (unpaired) electrons. The summed E-state index contributed by atoms with van der Waals surface area (Å²) < 4.78 is 12.2. The maximum absolute atomic E-state index is 12.6. The summed E-state index contributed by atoms with van der Waals surface area (Å²) in [6.45, 7) is 1.07. The highest BCUT2D eigenvalue weighted by atomic mass is 79.9. The first kappa shape index (κ1) is 23.1. The molecule has 3 aromatic carbocycles. The minimum Gasteiger partial charge on any atom is -0.494 e. The Labute approximate surface area is 205 Å². The number of ether oxygens (including phenoxy) is 2. The molecule has 0 saturated carbocycles. The Morgan fingerprint density at radius 2 is 1.82 bits per heavy atom. The lowest BCUT2D eigenvalue weighted by Gasteiger charge is -2.30. The quantitative estimate of drug-likeness (QED) is 0.367. The number of hydrogen-bond acceptors (Lipinski definition) is 4. The second kappa shape index (κ2) is 10.7. The topological polar surface area (TPSA) is 67.9 Å². The van der Waals surface area contributed by atoms with E-state index in [1.807, 2.05) is 24.3 Å². The molecule has 0 fully saturated rings. The molecule has 0 bridgehead atoms. The minimum atomic E-state index is -0.226. The standard InChI is InChI=1S/C25H22BrClN2O4/c26-18-5-3-17(4-6-18)25(31)28-20-9-12-23-22(15-20)29(24(30)16-33-23)13-1-2-14-32-21-10-7-19(27)8-11-21/h3-12,15H,1-2,13-14,16H2,(H,28,31). The average molecular weight is 530 g/mol. The first-order valence-corrected chi connectivity index (χ1v) is 11.7. The van der Waals surface area contributed by atoms with Crippen LogP contribution < -0.4 is 19.7 Å². The van der Waals surface area contributed by atoms with Crippen molar-refractivity contribution in [2.24, 2.45) is 0 Å². The first-order valence-electron chi connectivity index (χ1n) is 10.5. The Hall–Kier alpha value is -3.03. The predicted octanol–water partition coefficient (Wildman–Crippen LogP) is 5.94. The van der Waals surface area contributed by atoms with Gasteiger partial charge in [-0.15, -0.1) is 0 Å². The molecule has 1 heterocycles. The predicted molar refractivity (Wildman–Crippen MR) is 133 cm³/mol. The molecular formula is C25H22BrClN2O4. The van der Waals surface area contributed by atoms with Crippen LogP contribution in [0.15, 0.2) is 71.2 Å². The van der Waals surface area contributed by atoms with E-state index in [0.717, 1.165) is 23.1 Å². The van der Waals surface area contributed by atoms with Gasteiger partial charge in [-0.05, 0) is 79.6 Å². The lowest BCUT2D eigenvalue weighted by atomic mass is 10.1. The molecule has 0 saturated heterocycles. The second-order valence-corrected chi connectivity index (χ2v) is 8.84. The third-order valence-electron chi connectivity index (χ3n) is 5.12. The molecule has 0 unspecified atom stereocenters. The Balaban J connectivity index is 1.36. The zero-order valence-corrected chi connectivity index (χ0v) is 20.1. The van der Waals surface area contributed by atoms with Gasteiger partial charge in [-0.25, -0.2) is 0 Å². The number of carbonyl (C=O) groups is 2. The van der Waals surface area contributed by atoms with Crippen LogP contribution >= 0.6 is 27.5 Å². The Morgan fingerprint density at radius 1 is 1.06 bits per heavy atom. The van der Waals surface area contributed by atoms with Crippen molar-refractivity contribution in [1.82, 2.24) is 0 Å². The van der Waals surface area contributed by atoms with Crippen molar-refractivity contribution in [3.8, 4) is 11.5 Å². The fourth-order valence-electron chi connectivity index (χ4n) is 3.42. The van der Waals surface area contributed by atoms with Crippen molar-refractivity contribution >= 4 is 50.7 Å². The Kier molecular flexibility index (Phi) is 7.52. The lowest BCUT2D eigenvalue weighted by molar-refractivity contribution is -0.121. The van der Waals surface area contributed by atoms with Crippen LogP contribution in [0, 0.1) is 0 Å². The van der Waals surface area contributed by atoms with Crippen LogP contribution in [0.2, 0.25) is 5.02 Å². The lowest BCUT2D eigenvalue weighted by Crippen LogP contribution is -2.39. The van der Waals surface area contributed by atoms with E-state index in [4.69, 9.17) is 21.1 Å². The molecule has 0 aliphatic carbocycles. The molecule has 33 heavy (non-hydrogen) atoms. The summed E-state index contributed by atoms with van der Waals surface area (Å²) in [7, 11) is 0. The zero-order valence-electron chi connectivity index (χ0n) is 17.7. The van der Waals surface area contributed by atoms with E-state index < -0.39 is 0 Å². The van der Waals surface area contributed by atoms with Crippen molar-refractivity contribution in [3.63, 3.8) is 0 Å². The van der Waals surface area contributed by atoms with E-state index in [9.17, 15) is 9.59 Å². The molecule has 8 heteroatoms. The second-order valence-electron chi connectivity index (χ2n) is 7.49. The van der Waals surface area contributed by atoms with Gasteiger partial charge in [-0.3, -0.25) is 9.59 Å². The smallest absolute Gasteiger partial charge is 0.265 e. The van der Waals surface area contributed by atoms with Gasteiger partial charge in [-0.2, -0.15) is 0 Å². The van der Waals surface area contributed by atoms with Gasteiger partial charge >= 0.3 is 0 Å². The number of halogens is 2. The van der Waals surface area contributed by atoms with Gasteiger partial charge in [0.25, 0.3) is 11.8 Å². The van der Waals surface area contributed by atoms with Gasteiger partial charge in [0.15, 0.2) is 6.61 Å². The van der Waals surface area contributed by atoms with Gasteiger partial charge in [0.2, 0.25) is 0 Å². The van der Waals surface area contributed by atoms with Crippen molar-refractivity contribution in [2.45, 2.75) is 12.8 Å². The van der Waals surface area contributed by atoms with Gasteiger partial charge in [0.05, 0.1) is 12.3 Å². The van der Waals surface area contributed by atoms with Gasteiger partial charge in [-0.1, -0.05) is 27.5 Å². The van der Waals surface area contributed by atoms with Gasteiger partial charge < -0.3 is 19.7 Å². The highest BCUT2D eigenvalue weighted by Crippen LogP contribution is 2.35. The molecule has 0 spiro atoms. The SMILES string of the molecule is O=C(Nc1ccc2c(c1)N(CCCCOc1ccc(Cl)cc1)C(=O)CO2)c1ccc(Br)cc1. The summed E-state index contributed by atoms with van der Waals surface area (Å²) in [6, 6.07) is 19.6. The molecule has 6 nitrogen and oxygen atoms in total. The van der Waals surface area contributed by atoms with E-state index in [0.29, 0.717) is 40.9 Å². The molecular weight excluding hydrogens is 508 g/mol. The largest absolute Gasteiger partial charge is 0.494 e. The first-order chi connectivity index (χ1) is 16.0. The third-order valence-corrected chi connectivity index (χ3v) is 5.91. The highest BCUT2D eigenvalue weighted by Gasteiger charge is 2.25. The molecule has 1 aliphatic rings. The van der Waals surface area contributed by atoms with Crippen LogP contribution in [0.1, 0.15) is 23.2 Å². The highest BCUT2D eigenvalue weighted by molar-refractivity contribution is 9.10. The number of carbonyl (C=O) groups excluding carboxylic acids is 2. The van der Waals surface area contributed by atoms with Crippen LogP contribution in [0.3, 0.4) is 0 Å². The number of nitrogens with one attached hydrogen (secondary N) is 1. The normalized spacial score (nSPS) is 12.7. The number of nitrogens with zero attached hydrogens (tertiary/aromatic N) is 1. The molecule has 1 aliphatic heterocycles. The number of benzene rings is 3. The van der Waals surface area contributed by atoms with Crippen LogP contribution in [0.5, 0.6) is 11.5 Å². The molecule has 3 aromatic rings. The van der Waals surface area contributed by atoms with Crippen molar-refractivity contribution < 1.29 is 19.1 Å². The van der Waals surface area contributed by atoms with E-state index in [1.54, 1.807) is 47.4 Å². The molecule has 1 N–H and O–H groups in total. The number of amides is 2. The summed E-state index contributed by atoms with van der Waals surface area (Å²) in [5.74, 6) is 1.04. The summed E-state index contributed by atoms with van der Waals surface area (Å²) >= 11 is 9.25. The summed E-state index contributed by atoms with van der Waals surface area (Å²) in [5, 5.41) is 3.55. The number of unbranched alkanes of at least 4 members (excludes halogenated alkanes) is 1. The van der Waals surface area contributed by atoms with Gasteiger partial charge in [0.1, 0.15) is 11.5 Å². The maximum atomic E-state index is 12.6. The summed E-state index contributed by atoms with van der Waals surface area (Å²) in [5.41, 5.74) is 1.79. The zero-order chi connectivity index (χ0) is 23.2. The van der Waals surface area contributed by atoms with E-state index in [-0.39, 0.29) is 18.4 Å². The van der Waals surface area contributed by atoms with E-state index in [1.165, 1.54) is 0 Å². The van der Waals surface area contributed by atoms with Crippen LogP contribution in [0.25, 0.3) is 0 Å². The summed E-state index contributed by atoms with van der Waals surface area (Å²) in [4.78, 5) is 26.8. The van der Waals surface area contributed by atoms with E-state index in [2.05, 4.69) is 21.2 Å². The van der Waals surface area contributed by atoms with E-state index >= 15 is 0 Å². The van der Waals surface area contributed by atoms with Crippen molar-refractivity contribution in [3.05, 3.63) is 81.8 Å². The van der Waals surface area contributed by atoms with Crippen molar-refractivity contribution in [2.75, 3.05) is 30.0 Å². The third kappa shape index (κ3) is 6.06. The maximum Gasteiger partial charge on any atom is 0.265 e. The molecule has 2 amide bonds. The Morgan fingerprint density at radius 3 is 2.58 bits per heavy atom. The monoisotopic (exact) mass is 528 g/mol. The van der Waals surface area contributed by atoms with Crippen LogP contribution in [-0.4, -0.2) is 31.6 Å². The van der Waals surface area contributed by atoms with Crippen molar-refractivity contribution in [1.29, 1.82) is 0 Å². The minimum absolute atomic E-state index is 0.00112. The Bertz CT molecular complexity index is 1140. The fourth-order valence-corrected chi connectivity index (χ4v) is 3.81. The number of rotatable bonds is 8. The van der Waals surface area contributed by atoms with Crippen LogP contribution in [0.4, 0.5) is 11.4 Å².